The molecule has 4 aromatic rings. The molecule has 7 nitrogen and oxygen atoms in total. The van der Waals surface area contributed by atoms with Gasteiger partial charge in [-0.25, -0.2) is 4.39 Å². The molecule has 2 amide bonds. The van der Waals surface area contributed by atoms with Gasteiger partial charge in [0.15, 0.2) is 0 Å². The molecule has 0 saturated carbocycles. The number of methoxy groups -OCH3 is 1. The Morgan fingerprint density at radius 1 is 0.879 bits per heavy atom. The molecule has 0 radical (unpaired) electrons. The minimum atomic E-state index is -0.439. The Kier molecular flexibility index (Phi) is 6.36. The maximum absolute atomic E-state index is 14.0. The second-order valence-electron chi connectivity index (χ2n) is 6.98. The minimum absolute atomic E-state index is 0.196. The van der Waals surface area contributed by atoms with Crippen molar-refractivity contribution in [1.82, 2.24) is 9.97 Å². The Hall–Kier alpha value is -4.59. The summed E-state index contributed by atoms with van der Waals surface area (Å²) in [4.78, 5) is 33.7. The van der Waals surface area contributed by atoms with Crippen LogP contribution in [0.25, 0.3) is 11.3 Å². The molecule has 0 fully saturated rings. The van der Waals surface area contributed by atoms with Gasteiger partial charge in [-0.2, -0.15) is 0 Å². The van der Waals surface area contributed by atoms with Gasteiger partial charge in [0.25, 0.3) is 11.8 Å². The molecule has 0 aliphatic heterocycles. The molecular weight excluding hydrogens is 423 g/mol. The zero-order chi connectivity index (χ0) is 23.2. The van der Waals surface area contributed by atoms with Crippen molar-refractivity contribution < 1.29 is 18.7 Å². The minimum Gasteiger partial charge on any atom is -0.496 e. The van der Waals surface area contributed by atoms with Crippen LogP contribution in [-0.4, -0.2) is 28.9 Å². The Labute approximate surface area is 189 Å². The summed E-state index contributed by atoms with van der Waals surface area (Å²) in [5.41, 5.74) is 2.21. The van der Waals surface area contributed by atoms with Crippen LogP contribution in [-0.2, 0) is 0 Å². The maximum atomic E-state index is 14.0. The number of nitrogens with zero attached hydrogens (tertiary/aromatic N) is 2. The molecule has 0 aliphatic rings. The van der Waals surface area contributed by atoms with Gasteiger partial charge >= 0.3 is 0 Å². The topological polar surface area (TPSA) is 93.2 Å². The summed E-state index contributed by atoms with van der Waals surface area (Å²) >= 11 is 0. The molecule has 2 N–H and O–H groups in total. The van der Waals surface area contributed by atoms with Crippen LogP contribution in [0.3, 0.4) is 0 Å². The first-order valence-electron chi connectivity index (χ1n) is 9.97. The molecule has 0 saturated heterocycles. The molecule has 0 unspecified atom stereocenters. The Bertz CT molecular complexity index is 1290. The molecule has 0 aliphatic carbocycles. The molecule has 33 heavy (non-hydrogen) atoms. The SMILES string of the molecule is COc1ccc(C(=O)Nc2ccc(-c3ccccc3F)nc2)cc1C(=O)Nc1cccnc1. The van der Waals surface area contributed by atoms with Crippen molar-refractivity contribution in [2.75, 3.05) is 17.7 Å². The van der Waals surface area contributed by atoms with Crippen molar-refractivity contribution >= 4 is 23.2 Å². The molecule has 164 valence electrons. The number of aromatic nitrogens is 2. The van der Waals surface area contributed by atoms with E-state index in [9.17, 15) is 14.0 Å². The van der Waals surface area contributed by atoms with Gasteiger partial charge in [-0.3, -0.25) is 19.6 Å². The van der Waals surface area contributed by atoms with E-state index < -0.39 is 11.8 Å². The highest BCUT2D eigenvalue weighted by atomic mass is 19.1. The van der Waals surface area contributed by atoms with Crippen LogP contribution >= 0.6 is 0 Å². The van der Waals surface area contributed by atoms with Crippen molar-refractivity contribution in [3.63, 3.8) is 0 Å². The van der Waals surface area contributed by atoms with E-state index in [0.29, 0.717) is 28.4 Å². The van der Waals surface area contributed by atoms with Crippen LogP contribution in [0.5, 0.6) is 5.75 Å². The third-order valence-electron chi connectivity index (χ3n) is 4.80. The summed E-state index contributed by atoms with van der Waals surface area (Å²) in [7, 11) is 1.44. The predicted molar refractivity (Wildman–Crippen MR) is 123 cm³/mol. The summed E-state index contributed by atoms with van der Waals surface area (Å²) in [5.74, 6) is -0.931. The van der Waals surface area contributed by atoms with E-state index in [4.69, 9.17) is 4.74 Å². The van der Waals surface area contributed by atoms with Gasteiger partial charge < -0.3 is 15.4 Å². The maximum Gasteiger partial charge on any atom is 0.259 e. The van der Waals surface area contributed by atoms with Gasteiger partial charge in [-0.15, -0.1) is 0 Å². The average Bonchev–Trinajstić information content (AvgIpc) is 2.85. The number of carbonyl (C=O) groups excluding carboxylic acids is 2. The van der Waals surface area contributed by atoms with E-state index in [1.165, 1.54) is 31.6 Å². The van der Waals surface area contributed by atoms with E-state index in [-0.39, 0.29) is 16.9 Å². The molecule has 0 spiro atoms. The number of hydrogen-bond donors (Lipinski definition) is 2. The summed E-state index contributed by atoms with van der Waals surface area (Å²) in [6.07, 6.45) is 4.55. The lowest BCUT2D eigenvalue weighted by atomic mass is 10.1. The van der Waals surface area contributed by atoms with Crippen molar-refractivity contribution in [3.05, 3.63) is 102 Å². The first-order valence-corrected chi connectivity index (χ1v) is 9.97. The van der Waals surface area contributed by atoms with E-state index in [1.807, 2.05) is 0 Å². The second kappa shape index (κ2) is 9.69. The number of carbonyl (C=O) groups is 2. The fraction of sp³-hybridized carbons (Fsp3) is 0.0400. The van der Waals surface area contributed by atoms with Crippen molar-refractivity contribution in [2.24, 2.45) is 0 Å². The fourth-order valence-corrected chi connectivity index (χ4v) is 3.16. The Balaban J connectivity index is 1.52. The van der Waals surface area contributed by atoms with Crippen molar-refractivity contribution in [1.29, 1.82) is 0 Å². The van der Waals surface area contributed by atoms with Crippen molar-refractivity contribution in [2.45, 2.75) is 0 Å². The van der Waals surface area contributed by atoms with Gasteiger partial charge in [-0.05, 0) is 54.6 Å². The fourth-order valence-electron chi connectivity index (χ4n) is 3.16. The number of benzene rings is 2. The first kappa shape index (κ1) is 21.6. The zero-order valence-electron chi connectivity index (χ0n) is 17.6. The van der Waals surface area contributed by atoms with E-state index in [2.05, 4.69) is 20.6 Å². The van der Waals surface area contributed by atoms with Gasteiger partial charge in [0.1, 0.15) is 11.6 Å². The van der Waals surface area contributed by atoms with Gasteiger partial charge in [0.2, 0.25) is 0 Å². The number of anilines is 2. The number of pyridine rings is 2. The highest BCUT2D eigenvalue weighted by Crippen LogP contribution is 2.24. The second-order valence-corrected chi connectivity index (χ2v) is 6.98. The lowest BCUT2D eigenvalue weighted by Gasteiger charge is -2.12. The van der Waals surface area contributed by atoms with Gasteiger partial charge in [0.05, 0.1) is 42.1 Å². The monoisotopic (exact) mass is 442 g/mol. The summed E-state index contributed by atoms with van der Waals surface area (Å²) in [6, 6.07) is 17.5. The zero-order valence-corrected chi connectivity index (χ0v) is 17.6. The molecule has 0 bridgehead atoms. The number of hydrogen-bond acceptors (Lipinski definition) is 5. The largest absolute Gasteiger partial charge is 0.496 e. The van der Waals surface area contributed by atoms with E-state index in [1.54, 1.807) is 60.8 Å². The molecule has 2 aromatic heterocycles. The molecule has 2 heterocycles. The molecule has 4 rings (SSSR count). The number of ether oxygens (including phenoxy) is 1. The lowest BCUT2D eigenvalue weighted by molar-refractivity contribution is 0.102. The predicted octanol–water partition coefficient (Wildman–Crippen LogP) is 4.80. The van der Waals surface area contributed by atoms with Gasteiger partial charge in [0, 0.05) is 17.3 Å². The Morgan fingerprint density at radius 3 is 2.36 bits per heavy atom. The lowest BCUT2D eigenvalue weighted by Crippen LogP contribution is -2.16. The van der Waals surface area contributed by atoms with Crippen LogP contribution in [0.1, 0.15) is 20.7 Å². The molecule has 0 atom stereocenters. The van der Waals surface area contributed by atoms with Crippen LogP contribution in [0.4, 0.5) is 15.8 Å². The van der Waals surface area contributed by atoms with Gasteiger partial charge in [-0.1, -0.05) is 12.1 Å². The number of amides is 2. The molecule has 8 heteroatoms. The van der Waals surface area contributed by atoms with Crippen LogP contribution in [0.15, 0.2) is 85.3 Å². The number of rotatable bonds is 6. The summed E-state index contributed by atoms with van der Waals surface area (Å²) in [5, 5.41) is 5.45. The first-order chi connectivity index (χ1) is 16.0. The highest BCUT2D eigenvalue weighted by Gasteiger charge is 2.17. The smallest absolute Gasteiger partial charge is 0.259 e. The normalized spacial score (nSPS) is 10.4. The van der Waals surface area contributed by atoms with Crippen LogP contribution < -0.4 is 15.4 Å². The third-order valence-corrected chi connectivity index (χ3v) is 4.80. The highest BCUT2D eigenvalue weighted by molar-refractivity contribution is 6.10. The molecule has 2 aromatic carbocycles. The summed E-state index contributed by atoms with van der Waals surface area (Å²) in [6.45, 7) is 0. The average molecular weight is 442 g/mol. The van der Waals surface area contributed by atoms with E-state index >= 15 is 0 Å². The number of halogens is 1. The Morgan fingerprint density at radius 2 is 1.67 bits per heavy atom. The molecular formula is C25H19FN4O3. The summed E-state index contributed by atoms with van der Waals surface area (Å²) < 4.78 is 19.2. The third kappa shape index (κ3) is 5.01. The number of nitrogens with one attached hydrogen (secondary N) is 2. The van der Waals surface area contributed by atoms with Crippen LogP contribution in [0.2, 0.25) is 0 Å². The van der Waals surface area contributed by atoms with Crippen LogP contribution in [0, 0.1) is 5.82 Å². The standard InChI is InChI=1S/C25H19FN4O3/c1-33-23-11-8-16(13-20(23)25(32)30-17-5-4-12-27-14-17)24(31)29-18-9-10-22(28-15-18)19-6-2-3-7-21(19)26/h2-15H,1H3,(H,29,31)(H,30,32). The van der Waals surface area contributed by atoms with Crippen molar-refractivity contribution in [3.8, 4) is 17.0 Å². The quantitative estimate of drug-likeness (QED) is 0.448. The van der Waals surface area contributed by atoms with E-state index in [0.717, 1.165) is 0 Å².